The Balaban J connectivity index is 2.10. The smallest absolute Gasteiger partial charge is 0.337 e. The minimum Gasteiger partial charge on any atom is -0.484 e. The molecule has 0 aliphatic heterocycles. The van der Waals surface area contributed by atoms with Crippen molar-refractivity contribution in [1.82, 2.24) is 0 Å². The van der Waals surface area contributed by atoms with Crippen molar-refractivity contribution in [2.45, 2.75) is 6.92 Å². The lowest BCUT2D eigenvalue weighted by atomic mass is 10.1. The van der Waals surface area contributed by atoms with Gasteiger partial charge in [0.15, 0.2) is 6.61 Å². The molecular weight excluding hydrogens is 386 g/mol. The minimum atomic E-state index is -1.17. The molecule has 2 rings (SSSR count). The van der Waals surface area contributed by atoms with Crippen molar-refractivity contribution in [3.05, 3.63) is 57.0 Å². The van der Waals surface area contributed by atoms with Crippen molar-refractivity contribution in [3.63, 3.8) is 0 Å². The number of rotatable bonds is 5. The topological polar surface area (TPSA) is 75.6 Å². The predicted molar refractivity (Wildman–Crippen MR) is 91.4 cm³/mol. The molecule has 0 saturated heterocycles. The van der Waals surface area contributed by atoms with E-state index in [4.69, 9.17) is 16.3 Å². The molecule has 0 spiro atoms. The summed E-state index contributed by atoms with van der Waals surface area (Å²) in [5.41, 5.74) is 0.709. The second kappa shape index (κ2) is 7.48. The molecule has 7 heteroatoms. The molecular formula is C16H13BrClNO4. The van der Waals surface area contributed by atoms with Crippen molar-refractivity contribution in [3.8, 4) is 5.75 Å². The zero-order valence-corrected chi connectivity index (χ0v) is 14.4. The highest BCUT2D eigenvalue weighted by molar-refractivity contribution is 9.10. The number of carbonyl (C=O) groups excluding carboxylic acids is 1. The normalized spacial score (nSPS) is 10.2. The largest absolute Gasteiger partial charge is 0.484 e. The van der Waals surface area contributed by atoms with Crippen LogP contribution in [0.15, 0.2) is 40.9 Å². The number of aromatic carboxylic acids is 1. The second-order valence-electron chi connectivity index (χ2n) is 4.74. The number of benzene rings is 2. The van der Waals surface area contributed by atoms with Gasteiger partial charge >= 0.3 is 5.97 Å². The zero-order valence-electron chi connectivity index (χ0n) is 12.1. The Kier molecular flexibility index (Phi) is 5.63. The summed E-state index contributed by atoms with van der Waals surface area (Å²) in [6, 6.07) is 9.94. The third-order valence-corrected chi connectivity index (χ3v) is 3.67. The van der Waals surface area contributed by atoms with Gasteiger partial charge in [0.1, 0.15) is 5.75 Å². The highest BCUT2D eigenvalue weighted by Crippen LogP contribution is 2.26. The fraction of sp³-hybridized carbons (Fsp3) is 0.125. The zero-order chi connectivity index (χ0) is 17.0. The van der Waals surface area contributed by atoms with E-state index < -0.39 is 11.9 Å². The van der Waals surface area contributed by atoms with Gasteiger partial charge in [-0.1, -0.05) is 33.6 Å². The van der Waals surface area contributed by atoms with Crippen LogP contribution in [0.4, 0.5) is 5.69 Å². The lowest BCUT2D eigenvalue weighted by Gasteiger charge is -2.13. The molecule has 0 heterocycles. The number of anilines is 1. The number of nitrogens with one attached hydrogen (secondary N) is 1. The van der Waals surface area contributed by atoms with Crippen LogP contribution < -0.4 is 10.1 Å². The Bertz CT molecular complexity index is 764. The maximum absolute atomic E-state index is 12.0. The summed E-state index contributed by atoms with van der Waals surface area (Å²) in [4.78, 5) is 23.3. The average Bonchev–Trinajstić information content (AvgIpc) is 2.47. The lowest BCUT2D eigenvalue weighted by molar-refractivity contribution is -0.118. The van der Waals surface area contributed by atoms with E-state index in [-0.39, 0.29) is 17.9 Å². The van der Waals surface area contributed by atoms with Gasteiger partial charge in [-0.3, -0.25) is 4.79 Å². The SMILES string of the molecule is Cc1cc(Cl)cc(C(=O)O)c1NC(=O)COc1cccc(Br)c1. The van der Waals surface area contributed by atoms with E-state index in [1.807, 2.05) is 6.07 Å². The maximum atomic E-state index is 12.0. The summed E-state index contributed by atoms with van der Waals surface area (Å²) in [5, 5.41) is 12.1. The van der Waals surface area contributed by atoms with Crippen LogP contribution in [0.1, 0.15) is 15.9 Å². The Hall–Kier alpha value is -2.05. The van der Waals surface area contributed by atoms with Crippen LogP contribution in [0, 0.1) is 6.92 Å². The first-order chi connectivity index (χ1) is 10.9. The number of amides is 1. The number of carbonyl (C=O) groups is 2. The van der Waals surface area contributed by atoms with E-state index in [0.717, 1.165) is 4.47 Å². The summed E-state index contributed by atoms with van der Waals surface area (Å²) in [5.74, 6) is -1.10. The Morgan fingerprint density at radius 1 is 1.30 bits per heavy atom. The Labute approximate surface area is 146 Å². The highest BCUT2D eigenvalue weighted by Gasteiger charge is 2.16. The molecule has 0 radical (unpaired) electrons. The van der Waals surface area contributed by atoms with E-state index in [9.17, 15) is 14.7 Å². The molecule has 0 aliphatic rings. The summed E-state index contributed by atoms with van der Waals surface area (Å²) < 4.78 is 6.20. The van der Waals surface area contributed by atoms with E-state index in [1.54, 1.807) is 31.2 Å². The van der Waals surface area contributed by atoms with Gasteiger partial charge in [-0.25, -0.2) is 4.79 Å². The van der Waals surface area contributed by atoms with Gasteiger partial charge in [0.25, 0.3) is 5.91 Å². The molecule has 0 aliphatic carbocycles. The van der Waals surface area contributed by atoms with Crippen molar-refractivity contribution in [2.75, 3.05) is 11.9 Å². The van der Waals surface area contributed by atoms with E-state index in [0.29, 0.717) is 16.3 Å². The van der Waals surface area contributed by atoms with Gasteiger partial charge in [0.2, 0.25) is 0 Å². The molecule has 0 bridgehead atoms. The maximum Gasteiger partial charge on any atom is 0.337 e. The summed E-state index contributed by atoms with van der Waals surface area (Å²) in [6.07, 6.45) is 0. The van der Waals surface area contributed by atoms with E-state index in [1.165, 1.54) is 6.07 Å². The van der Waals surface area contributed by atoms with Crippen LogP contribution in [-0.2, 0) is 4.79 Å². The first-order valence-electron chi connectivity index (χ1n) is 6.58. The van der Waals surface area contributed by atoms with Gasteiger partial charge < -0.3 is 15.2 Å². The van der Waals surface area contributed by atoms with Crippen molar-refractivity contribution < 1.29 is 19.4 Å². The minimum absolute atomic E-state index is 0.0641. The summed E-state index contributed by atoms with van der Waals surface area (Å²) in [7, 11) is 0. The van der Waals surface area contributed by atoms with Crippen LogP contribution in [0.2, 0.25) is 5.02 Å². The number of halogens is 2. The Morgan fingerprint density at radius 2 is 2.04 bits per heavy atom. The molecule has 0 saturated carbocycles. The van der Waals surface area contributed by atoms with Gasteiger partial charge in [0, 0.05) is 9.50 Å². The fourth-order valence-electron chi connectivity index (χ4n) is 1.96. The number of aryl methyl sites for hydroxylation is 1. The fourth-order valence-corrected chi connectivity index (χ4v) is 2.61. The molecule has 2 aromatic rings. The molecule has 0 aromatic heterocycles. The first kappa shape index (κ1) is 17.3. The molecule has 2 aromatic carbocycles. The van der Waals surface area contributed by atoms with Crippen LogP contribution in [-0.4, -0.2) is 23.6 Å². The molecule has 0 unspecified atom stereocenters. The molecule has 1 amide bonds. The molecule has 0 fully saturated rings. The number of hydrogen-bond acceptors (Lipinski definition) is 3. The van der Waals surface area contributed by atoms with Crippen LogP contribution >= 0.6 is 27.5 Å². The predicted octanol–water partition coefficient (Wildman–Crippen LogP) is 4.13. The third-order valence-electron chi connectivity index (χ3n) is 2.96. The third kappa shape index (κ3) is 4.71. The average molecular weight is 399 g/mol. The summed E-state index contributed by atoms with van der Waals surface area (Å²) in [6.45, 7) is 1.43. The van der Waals surface area contributed by atoms with Gasteiger partial charge in [-0.05, 0) is 42.8 Å². The Morgan fingerprint density at radius 3 is 2.70 bits per heavy atom. The van der Waals surface area contributed by atoms with Gasteiger partial charge in [-0.15, -0.1) is 0 Å². The quantitative estimate of drug-likeness (QED) is 0.794. The molecule has 2 N–H and O–H groups in total. The number of ether oxygens (including phenoxy) is 1. The molecule has 23 heavy (non-hydrogen) atoms. The second-order valence-corrected chi connectivity index (χ2v) is 6.10. The van der Waals surface area contributed by atoms with Crippen molar-refractivity contribution >= 4 is 45.1 Å². The molecule has 0 atom stereocenters. The first-order valence-corrected chi connectivity index (χ1v) is 7.75. The van der Waals surface area contributed by atoms with Gasteiger partial charge in [-0.2, -0.15) is 0 Å². The number of hydrogen-bond donors (Lipinski definition) is 2. The number of carboxylic acids is 1. The molecule has 5 nitrogen and oxygen atoms in total. The van der Waals surface area contributed by atoms with Gasteiger partial charge in [0.05, 0.1) is 11.3 Å². The standard InChI is InChI=1S/C16H13BrClNO4/c1-9-5-11(18)7-13(16(21)22)15(9)19-14(20)8-23-12-4-2-3-10(17)6-12/h2-7H,8H2,1H3,(H,19,20)(H,21,22). The lowest BCUT2D eigenvalue weighted by Crippen LogP contribution is -2.22. The summed E-state index contributed by atoms with van der Waals surface area (Å²) >= 11 is 9.16. The van der Waals surface area contributed by atoms with Crippen LogP contribution in [0.5, 0.6) is 5.75 Å². The highest BCUT2D eigenvalue weighted by atomic mass is 79.9. The van der Waals surface area contributed by atoms with E-state index in [2.05, 4.69) is 21.2 Å². The van der Waals surface area contributed by atoms with Crippen LogP contribution in [0.3, 0.4) is 0 Å². The van der Waals surface area contributed by atoms with Crippen molar-refractivity contribution in [1.29, 1.82) is 0 Å². The van der Waals surface area contributed by atoms with Crippen molar-refractivity contribution in [2.24, 2.45) is 0 Å². The van der Waals surface area contributed by atoms with E-state index >= 15 is 0 Å². The monoisotopic (exact) mass is 397 g/mol. The molecule has 120 valence electrons. The number of carboxylic acid groups (broad SMARTS) is 1. The van der Waals surface area contributed by atoms with Crippen LogP contribution in [0.25, 0.3) is 0 Å².